The molecule has 2 aromatic heterocycles. The minimum Gasteiger partial charge on any atom is -0.467 e. The fourth-order valence-corrected chi connectivity index (χ4v) is 2.07. The van der Waals surface area contributed by atoms with Crippen LogP contribution in [0.2, 0.25) is 0 Å². The maximum atomic E-state index is 12.5. The van der Waals surface area contributed by atoms with Crippen LogP contribution in [0.4, 0.5) is 0 Å². The zero-order valence-corrected chi connectivity index (χ0v) is 11.7. The zero-order valence-electron chi connectivity index (χ0n) is 11.7. The first-order valence-corrected chi connectivity index (χ1v) is 6.45. The van der Waals surface area contributed by atoms with Gasteiger partial charge in [-0.1, -0.05) is 0 Å². The van der Waals surface area contributed by atoms with Crippen LogP contribution in [0, 0.1) is 11.3 Å². The standard InChI is InChI=1S/C15H11N5O2/c1-22-15-17-6-11(7-18-15)8-20-9-19-13-3-2-10(5-16)4-12(13)14(20)21/h2-4,6-7,9H,8H2,1H3. The molecular weight excluding hydrogens is 282 g/mol. The van der Waals surface area contributed by atoms with Crippen molar-refractivity contribution in [3.8, 4) is 12.1 Å². The summed E-state index contributed by atoms with van der Waals surface area (Å²) in [5.41, 5.74) is 1.53. The number of ether oxygens (including phenoxy) is 1. The SMILES string of the molecule is COc1ncc(Cn2cnc3ccc(C#N)cc3c2=O)cn1. The Bertz CT molecular complexity index is 925. The molecule has 0 N–H and O–H groups in total. The van der Waals surface area contributed by atoms with Crippen LogP contribution in [0.1, 0.15) is 11.1 Å². The predicted octanol–water partition coefficient (Wildman–Crippen LogP) is 1.12. The Labute approximate surface area is 125 Å². The van der Waals surface area contributed by atoms with Crippen molar-refractivity contribution in [1.29, 1.82) is 5.26 Å². The van der Waals surface area contributed by atoms with Crippen molar-refractivity contribution in [2.24, 2.45) is 0 Å². The molecule has 0 amide bonds. The van der Waals surface area contributed by atoms with Gasteiger partial charge in [0.2, 0.25) is 0 Å². The summed E-state index contributed by atoms with van der Waals surface area (Å²) in [5, 5.41) is 9.35. The predicted molar refractivity (Wildman–Crippen MR) is 78.4 cm³/mol. The van der Waals surface area contributed by atoms with Gasteiger partial charge in [-0.2, -0.15) is 5.26 Å². The number of hydrogen-bond acceptors (Lipinski definition) is 6. The highest BCUT2D eigenvalue weighted by Crippen LogP contribution is 2.10. The van der Waals surface area contributed by atoms with Crippen LogP contribution in [0.25, 0.3) is 10.9 Å². The number of rotatable bonds is 3. The third kappa shape index (κ3) is 2.50. The highest BCUT2D eigenvalue weighted by Gasteiger charge is 2.06. The van der Waals surface area contributed by atoms with Gasteiger partial charge in [-0.3, -0.25) is 9.36 Å². The van der Waals surface area contributed by atoms with E-state index in [-0.39, 0.29) is 11.6 Å². The van der Waals surface area contributed by atoms with Gasteiger partial charge in [0, 0.05) is 18.0 Å². The minimum atomic E-state index is -0.210. The molecule has 1 aromatic carbocycles. The Morgan fingerprint density at radius 1 is 1.27 bits per heavy atom. The smallest absolute Gasteiger partial charge is 0.316 e. The first-order chi connectivity index (χ1) is 10.7. The Kier molecular flexibility index (Phi) is 3.50. The molecule has 0 bridgehead atoms. The van der Waals surface area contributed by atoms with Crippen molar-refractivity contribution in [2.75, 3.05) is 7.11 Å². The van der Waals surface area contributed by atoms with Crippen LogP contribution in [-0.4, -0.2) is 26.6 Å². The molecule has 0 atom stereocenters. The normalized spacial score (nSPS) is 10.4. The molecule has 7 heteroatoms. The van der Waals surface area contributed by atoms with Crippen LogP contribution < -0.4 is 10.3 Å². The van der Waals surface area contributed by atoms with Crippen LogP contribution in [0.15, 0.2) is 41.7 Å². The van der Waals surface area contributed by atoms with Gasteiger partial charge in [0.15, 0.2) is 0 Å². The number of methoxy groups -OCH3 is 1. The van der Waals surface area contributed by atoms with Crippen LogP contribution >= 0.6 is 0 Å². The van der Waals surface area contributed by atoms with E-state index < -0.39 is 0 Å². The number of hydrogen-bond donors (Lipinski definition) is 0. The molecule has 0 aliphatic carbocycles. The molecule has 108 valence electrons. The molecule has 0 aliphatic heterocycles. The third-order valence-corrected chi connectivity index (χ3v) is 3.17. The van der Waals surface area contributed by atoms with Gasteiger partial charge in [0.1, 0.15) is 0 Å². The summed E-state index contributed by atoms with van der Waals surface area (Å²) in [4.78, 5) is 24.7. The fourth-order valence-electron chi connectivity index (χ4n) is 2.07. The van der Waals surface area contributed by atoms with Crippen molar-refractivity contribution in [2.45, 2.75) is 6.54 Å². The van der Waals surface area contributed by atoms with E-state index in [1.807, 2.05) is 6.07 Å². The molecule has 22 heavy (non-hydrogen) atoms. The number of aromatic nitrogens is 4. The highest BCUT2D eigenvalue weighted by molar-refractivity contribution is 5.78. The van der Waals surface area contributed by atoms with Gasteiger partial charge in [0.05, 0.1) is 42.5 Å². The van der Waals surface area contributed by atoms with E-state index in [1.54, 1.807) is 30.6 Å². The van der Waals surface area contributed by atoms with E-state index in [9.17, 15) is 4.79 Å². The summed E-state index contributed by atoms with van der Waals surface area (Å²) in [5.74, 6) is 0. The molecule has 0 fully saturated rings. The second-order valence-electron chi connectivity index (χ2n) is 4.60. The summed E-state index contributed by atoms with van der Waals surface area (Å²) < 4.78 is 6.35. The van der Waals surface area contributed by atoms with Crippen molar-refractivity contribution in [3.05, 3.63) is 58.4 Å². The summed E-state index contributed by atoms with van der Waals surface area (Å²) in [6, 6.07) is 7.13. The molecule has 0 spiro atoms. The Morgan fingerprint density at radius 2 is 2.05 bits per heavy atom. The second kappa shape index (κ2) is 5.61. The van der Waals surface area contributed by atoms with Crippen molar-refractivity contribution >= 4 is 10.9 Å². The van der Waals surface area contributed by atoms with Gasteiger partial charge >= 0.3 is 6.01 Å². The number of nitrogens with zero attached hydrogens (tertiary/aromatic N) is 5. The summed E-state index contributed by atoms with van der Waals surface area (Å²) in [6.07, 6.45) is 4.66. The average Bonchev–Trinajstić information content (AvgIpc) is 2.58. The van der Waals surface area contributed by atoms with E-state index in [2.05, 4.69) is 15.0 Å². The topological polar surface area (TPSA) is 93.7 Å². The second-order valence-corrected chi connectivity index (χ2v) is 4.60. The first kappa shape index (κ1) is 13.7. The summed E-state index contributed by atoms with van der Waals surface area (Å²) in [7, 11) is 1.49. The van der Waals surface area contributed by atoms with Crippen molar-refractivity contribution in [1.82, 2.24) is 19.5 Å². The minimum absolute atomic E-state index is 0.210. The number of benzene rings is 1. The molecule has 0 saturated carbocycles. The molecule has 7 nitrogen and oxygen atoms in total. The van der Waals surface area contributed by atoms with E-state index in [4.69, 9.17) is 10.00 Å². The van der Waals surface area contributed by atoms with Gasteiger partial charge in [-0.25, -0.2) is 15.0 Å². The number of fused-ring (bicyclic) bond motifs is 1. The monoisotopic (exact) mass is 293 g/mol. The van der Waals surface area contributed by atoms with Crippen molar-refractivity contribution in [3.63, 3.8) is 0 Å². The summed E-state index contributed by atoms with van der Waals surface area (Å²) in [6.45, 7) is 0.294. The largest absolute Gasteiger partial charge is 0.467 e. The van der Waals surface area contributed by atoms with Gasteiger partial charge in [-0.15, -0.1) is 0 Å². The van der Waals surface area contributed by atoms with Crippen LogP contribution in [0.3, 0.4) is 0 Å². The van der Waals surface area contributed by atoms with Gasteiger partial charge < -0.3 is 4.74 Å². The van der Waals surface area contributed by atoms with Gasteiger partial charge in [0.25, 0.3) is 5.56 Å². The molecule has 3 rings (SSSR count). The highest BCUT2D eigenvalue weighted by atomic mass is 16.5. The lowest BCUT2D eigenvalue weighted by molar-refractivity contribution is 0.379. The van der Waals surface area contributed by atoms with Gasteiger partial charge in [-0.05, 0) is 18.2 Å². The molecule has 0 unspecified atom stereocenters. The molecule has 2 heterocycles. The lowest BCUT2D eigenvalue weighted by Crippen LogP contribution is -2.21. The first-order valence-electron chi connectivity index (χ1n) is 6.45. The molecular formula is C15H11N5O2. The Morgan fingerprint density at radius 3 is 2.73 bits per heavy atom. The molecule has 3 aromatic rings. The van der Waals surface area contributed by atoms with Crippen LogP contribution in [0.5, 0.6) is 6.01 Å². The lowest BCUT2D eigenvalue weighted by atomic mass is 10.1. The quantitative estimate of drug-likeness (QED) is 0.718. The van der Waals surface area contributed by atoms with E-state index in [1.165, 1.54) is 18.0 Å². The zero-order chi connectivity index (χ0) is 15.5. The maximum absolute atomic E-state index is 12.5. The fraction of sp³-hybridized carbons (Fsp3) is 0.133. The molecule has 0 saturated heterocycles. The Balaban J connectivity index is 2.01. The lowest BCUT2D eigenvalue weighted by Gasteiger charge is -2.06. The molecule has 0 radical (unpaired) electrons. The van der Waals surface area contributed by atoms with Crippen LogP contribution in [-0.2, 0) is 6.54 Å². The third-order valence-electron chi connectivity index (χ3n) is 3.17. The summed E-state index contributed by atoms with van der Waals surface area (Å²) >= 11 is 0. The van der Waals surface area contributed by atoms with E-state index in [0.29, 0.717) is 23.0 Å². The average molecular weight is 293 g/mol. The van der Waals surface area contributed by atoms with Crippen molar-refractivity contribution < 1.29 is 4.74 Å². The maximum Gasteiger partial charge on any atom is 0.316 e. The van der Waals surface area contributed by atoms with E-state index >= 15 is 0 Å². The Hall–Kier alpha value is -3.27. The number of nitriles is 1. The molecule has 0 aliphatic rings. The van der Waals surface area contributed by atoms with E-state index in [0.717, 1.165) is 5.56 Å².